The summed E-state index contributed by atoms with van der Waals surface area (Å²) in [5.74, 6) is 0. The van der Waals surface area contributed by atoms with Crippen LogP contribution in [0.25, 0.3) is 92.1 Å². The highest BCUT2D eigenvalue weighted by molar-refractivity contribution is 6.21. The summed E-state index contributed by atoms with van der Waals surface area (Å²) in [6, 6.07) is 55.6. The van der Waals surface area contributed by atoms with E-state index in [0.717, 1.165) is 55.0 Å². The highest BCUT2D eigenvalue weighted by Gasteiger charge is 2.20. The minimum absolute atomic E-state index is 0.407. The molecule has 0 bridgehead atoms. The standard InChI is InChI=1S/C47H26N4/c1-49-41-27-34(51-43-22-11-10-17-35(43)40-25-30(29-48)23-24-44(40)51)28-42(50-2)47(41)33-16-12-15-32(26-33)46-38-20-8-6-18-36(38)45(31-13-4-3-5-14-31)37-19-7-9-21-39(37)46/h3-28H. The first-order chi connectivity index (χ1) is 25.2. The molecular weight excluding hydrogens is 621 g/mol. The van der Waals surface area contributed by atoms with Gasteiger partial charge in [-0.2, -0.15) is 5.26 Å². The van der Waals surface area contributed by atoms with E-state index in [0.29, 0.717) is 22.5 Å². The van der Waals surface area contributed by atoms with Gasteiger partial charge in [-0.3, -0.25) is 0 Å². The maximum atomic E-state index is 9.60. The van der Waals surface area contributed by atoms with Gasteiger partial charge in [0.2, 0.25) is 0 Å². The first-order valence-electron chi connectivity index (χ1n) is 16.6. The number of hydrogen-bond acceptors (Lipinski definition) is 1. The SMILES string of the molecule is [C-]#[N+]c1cc(-n2c3ccccc3c3cc(C#N)ccc32)cc([N+]#[C-])c1-c1cccc(-c2c3ccccc3c(-c3ccccc3)c3ccccc23)c1. The lowest BCUT2D eigenvalue weighted by atomic mass is 9.85. The van der Waals surface area contributed by atoms with Crippen LogP contribution >= 0.6 is 0 Å². The lowest BCUT2D eigenvalue weighted by Crippen LogP contribution is -1.95. The molecule has 0 fully saturated rings. The molecule has 0 saturated heterocycles. The summed E-state index contributed by atoms with van der Waals surface area (Å²) in [5, 5.41) is 16.2. The van der Waals surface area contributed by atoms with Crippen LogP contribution in [0.5, 0.6) is 0 Å². The van der Waals surface area contributed by atoms with E-state index in [9.17, 15) is 5.26 Å². The zero-order valence-corrected chi connectivity index (χ0v) is 27.3. The van der Waals surface area contributed by atoms with Gasteiger partial charge < -0.3 is 4.57 Å². The van der Waals surface area contributed by atoms with Crippen LogP contribution in [0.2, 0.25) is 0 Å². The second kappa shape index (κ2) is 11.9. The maximum Gasteiger partial charge on any atom is 0.186 e. The van der Waals surface area contributed by atoms with Crippen molar-refractivity contribution in [2.45, 2.75) is 0 Å². The number of nitrogens with zero attached hydrogens (tertiary/aromatic N) is 4. The maximum absolute atomic E-state index is 9.60. The van der Waals surface area contributed by atoms with Gasteiger partial charge in [-0.1, -0.05) is 115 Å². The molecule has 8 aromatic carbocycles. The molecule has 1 aromatic heterocycles. The molecule has 0 amide bonds. The molecule has 1 heterocycles. The van der Waals surface area contributed by atoms with Gasteiger partial charge in [0, 0.05) is 16.5 Å². The molecule has 0 spiro atoms. The fourth-order valence-electron chi connectivity index (χ4n) is 7.70. The van der Waals surface area contributed by atoms with Crippen molar-refractivity contribution in [2.24, 2.45) is 0 Å². The van der Waals surface area contributed by atoms with E-state index in [2.05, 4.69) is 105 Å². The third-order valence-corrected chi connectivity index (χ3v) is 9.82. The Balaban J connectivity index is 1.27. The predicted molar refractivity (Wildman–Crippen MR) is 209 cm³/mol. The Hall–Kier alpha value is -7.45. The molecule has 0 saturated carbocycles. The molecule has 9 aromatic rings. The van der Waals surface area contributed by atoms with Crippen molar-refractivity contribution in [1.29, 1.82) is 5.26 Å². The predicted octanol–water partition coefficient (Wildman–Crippen LogP) is 13.1. The minimum atomic E-state index is 0.407. The lowest BCUT2D eigenvalue weighted by Gasteiger charge is -2.18. The molecule has 9 rings (SSSR count). The van der Waals surface area contributed by atoms with E-state index in [1.165, 1.54) is 21.9 Å². The van der Waals surface area contributed by atoms with E-state index in [4.69, 9.17) is 13.1 Å². The summed E-state index contributed by atoms with van der Waals surface area (Å²) < 4.78 is 2.09. The smallest absolute Gasteiger partial charge is 0.186 e. The molecule has 0 aliphatic rings. The van der Waals surface area contributed by atoms with Gasteiger partial charge in [0.15, 0.2) is 11.4 Å². The second-order valence-electron chi connectivity index (χ2n) is 12.6. The van der Waals surface area contributed by atoms with Crippen molar-refractivity contribution in [3.63, 3.8) is 0 Å². The molecule has 0 atom stereocenters. The Morgan fingerprint density at radius 1 is 0.431 bits per heavy atom. The van der Waals surface area contributed by atoms with Gasteiger partial charge in [0.1, 0.15) is 0 Å². The quantitative estimate of drug-likeness (QED) is 0.138. The number of nitriles is 1. The van der Waals surface area contributed by atoms with Crippen molar-refractivity contribution in [3.05, 3.63) is 186 Å². The number of benzene rings is 8. The molecule has 0 aliphatic carbocycles. The third-order valence-electron chi connectivity index (χ3n) is 9.82. The van der Waals surface area contributed by atoms with Crippen LogP contribution in [0.4, 0.5) is 11.4 Å². The number of fused-ring (bicyclic) bond motifs is 5. The number of rotatable bonds is 4. The first kappa shape index (κ1) is 29.7. The zero-order chi connectivity index (χ0) is 34.5. The van der Waals surface area contributed by atoms with Crippen LogP contribution in [0.3, 0.4) is 0 Å². The Kier molecular flexibility index (Phi) is 6.93. The summed E-state index contributed by atoms with van der Waals surface area (Å²) in [5.41, 5.74) is 9.94. The molecule has 0 N–H and O–H groups in total. The van der Waals surface area contributed by atoms with Crippen molar-refractivity contribution < 1.29 is 0 Å². The van der Waals surface area contributed by atoms with E-state index in [-0.39, 0.29) is 0 Å². The number of hydrogen-bond donors (Lipinski definition) is 0. The fraction of sp³-hybridized carbons (Fsp3) is 0. The Morgan fingerprint density at radius 2 is 0.922 bits per heavy atom. The van der Waals surface area contributed by atoms with Gasteiger partial charge in [-0.15, -0.1) is 0 Å². The van der Waals surface area contributed by atoms with Gasteiger partial charge in [-0.25, -0.2) is 9.69 Å². The average molecular weight is 647 g/mol. The molecular formula is C47H26N4. The zero-order valence-electron chi connectivity index (χ0n) is 27.3. The first-order valence-corrected chi connectivity index (χ1v) is 16.6. The molecule has 4 nitrogen and oxygen atoms in total. The summed E-state index contributed by atoms with van der Waals surface area (Å²) in [6.07, 6.45) is 0. The molecule has 0 aliphatic heterocycles. The average Bonchev–Trinajstić information content (AvgIpc) is 3.53. The van der Waals surface area contributed by atoms with E-state index in [1.807, 2.05) is 72.8 Å². The summed E-state index contributed by atoms with van der Waals surface area (Å²) in [7, 11) is 0. The Morgan fingerprint density at radius 3 is 1.51 bits per heavy atom. The molecule has 51 heavy (non-hydrogen) atoms. The minimum Gasteiger partial charge on any atom is -0.312 e. The number of aromatic nitrogens is 1. The fourth-order valence-corrected chi connectivity index (χ4v) is 7.70. The third kappa shape index (κ3) is 4.66. The van der Waals surface area contributed by atoms with Crippen molar-refractivity contribution in [1.82, 2.24) is 4.57 Å². The Labute approximate surface area is 294 Å². The topological polar surface area (TPSA) is 37.4 Å². The Bertz CT molecular complexity index is 2910. The highest BCUT2D eigenvalue weighted by Crippen LogP contribution is 2.47. The van der Waals surface area contributed by atoms with Gasteiger partial charge >= 0.3 is 0 Å². The molecule has 234 valence electrons. The number of para-hydroxylation sites is 1. The lowest BCUT2D eigenvalue weighted by molar-refractivity contribution is 1.18. The van der Waals surface area contributed by atoms with Crippen molar-refractivity contribution >= 4 is 54.7 Å². The van der Waals surface area contributed by atoms with Crippen LogP contribution in [0.15, 0.2) is 158 Å². The van der Waals surface area contributed by atoms with Crippen molar-refractivity contribution in [2.75, 3.05) is 0 Å². The largest absolute Gasteiger partial charge is 0.312 e. The van der Waals surface area contributed by atoms with Crippen LogP contribution in [-0.2, 0) is 0 Å². The van der Waals surface area contributed by atoms with Crippen LogP contribution in [0, 0.1) is 24.5 Å². The van der Waals surface area contributed by atoms with Gasteiger partial charge in [0.05, 0.1) is 35.8 Å². The van der Waals surface area contributed by atoms with Crippen molar-refractivity contribution in [3.8, 4) is 45.1 Å². The van der Waals surface area contributed by atoms with Crippen LogP contribution in [-0.4, -0.2) is 4.57 Å². The molecule has 4 heteroatoms. The van der Waals surface area contributed by atoms with E-state index >= 15 is 0 Å². The highest BCUT2D eigenvalue weighted by atomic mass is 15.0. The molecule has 0 unspecified atom stereocenters. The van der Waals surface area contributed by atoms with Crippen LogP contribution in [0.1, 0.15) is 5.56 Å². The normalized spacial score (nSPS) is 11.1. The van der Waals surface area contributed by atoms with E-state index in [1.54, 1.807) is 0 Å². The van der Waals surface area contributed by atoms with Gasteiger partial charge in [-0.05, 0) is 97.4 Å². The monoisotopic (exact) mass is 646 g/mol. The summed E-state index contributed by atoms with van der Waals surface area (Å²) in [4.78, 5) is 8.02. The molecule has 0 radical (unpaired) electrons. The van der Waals surface area contributed by atoms with E-state index < -0.39 is 0 Å². The second-order valence-corrected chi connectivity index (χ2v) is 12.6. The summed E-state index contributed by atoms with van der Waals surface area (Å²) in [6.45, 7) is 16.6. The van der Waals surface area contributed by atoms with Gasteiger partial charge in [0.25, 0.3) is 0 Å². The summed E-state index contributed by atoms with van der Waals surface area (Å²) >= 11 is 0. The van der Waals surface area contributed by atoms with Crippen LogP contribution < -0.4 is 0 Å².